The maximum absolute atomic E-state index is 14.1. The van der Waals surface area contributed by atoms with Crippen molar-refractivity contribution in [3.05, 3.63) is 23.5 Å². The molecule has 0 aromatic heterocycles. The molecule has 1 aliphatic rings. The second-order valence-electron chi connectivity index (χ2n) is 5.73. The molecule has 0 atom stereocenters. The van der Waals surface area contributed by atoms with E-state index in [4.69, 9.17) is 0 Å². The number of benzene rings is 1. The van der Waals surface area contributed by atoms with Crippen LogP contribution in [0, 0.1) is 18.7 Å². The molecule has 22 heavy (non-hydrogen) atoms. The molecule has 0 amide bonds. The number of halogens is 3. The van der Waals surface area contributed by atoms with Crippen molar-refractivity contribution < 1.29 is 13.2 Å². The molecular weight excluding hydrogens is 309 g/mol. The summed E-state index contributed by atoms with van der Waals surface area (Å²) in [6.07, 6.45) is 2.12. The molecule has 0 spiro atoms. The molecule has 1 aromatic rings. The second-order valence-corrected chi connectivity index (χ2v) is 6.75. The standard InChI is InChI=1S/C16H21F3N2S/c1-4-20-15(11-5-6-11)21-13-8-14(10(2)7-12(13)17)22-9-16(3,18)19/h7-8,11H,4-6,9H2,1-3H3,(H,20,21). The van der Waals surface area contributed by atoms with E-state index < -0.39 is 11.7 Å². The van der Waals surface area contributed by atoms with Gasteiger partial charge in [-0.05, 0) is 44.4 Å². The third-order valence-corrected chi connectivity index (χ3v) is 4.69. The third-order valence-electron chi connectivity index (χ3n) is 3.29. The van der Waals surface area contributed by atoms with Crippen LogP contribution in [0.3, 0.4) is 0 Å². The highest BCUT2D eigenvalue weighted by Gasteiger charge is 2.28. The van der Waals surface area contributed by atoms with Crippen LogP contribution in [0.2, 0.25) is 0 Å². The minimum Gasteiger partial charge on any atom is -0.374 e. The molecule has 2 nitrogen and oxygen atoms in total. The van der Waals surface area contributed by atoms with Crippen molar-refractivity contribution in [2.75, 3.05) is 12.3 Å². The fourth-order valence-corrected chi connectivity index (χ4v) is 2.92. The Morgan fingerprint density at radius 2 is 2.09 bits per heavy atom. The van der Waals surface area contributed by atoms with Gasteiger partial charge in [0.05, 0.1) is 5.75 Å². The van der Waals surface area contributed by atoms with E-state index in [1.165, 1.54) is 6.07 Å². The molecule has 1 saturated carbocycles. The number of alkyl halides is 2. The summed E-state index contributed by atoms with van der Waals surface area (Å²) >= 11 is 1.03. The largest absolute Gasteiger partial charge is 0.374 e. The van der Waals surface area contributed by atoms with Crippen LogP contribution >= 0.6 is 11.8 Å². The lowest BCUT2D eigenvalue weighted by atomic mass is 10.2. The zero-order valence-electron chi connectivity index (χ0n) is 13.0. The van der Waals surface area contributed by atoms with E-state index in [1.54, 1.807) is 13.0 Å². The van der Waals surface area contributed by atoms with Gasteiger partial charge in [0.2, 0.25) is 0 Å². The van der Waals surface area contributed by atoms with Gasteiger partial charge in [0.1, 0.15) is 17.3 Å². The van der Waals surface area contributed by atoms with Crippen LogP contribution in [0.4, 0.5) is 18.9 Å². The molecule has 0 unspecified atom stereocenters. The van der Waals surface area contributed by atoms with E-state index in [2.05, 4.69) is 10.3 Å². The normalized spacial score (nSPS) is 16.0. The van der Waals surface area contributed by atoms with Crippen molar-refractivity contribution in [3.63, 3.8) is 0 Å². The predicted octanol–water partition coefficient (Wildman–Crippen LogP) is 4.93. The number of nitrogens with zero attached hydrogens (tertiary/aromatic N) is 1. The number of aryl methyl sites for hydroxylation is 1. The van der Waals surface area contributed by atoms with Crippen molar-refractivity contribution in [1.29, 1.82) is 0 Å². The highest BCUT2D eigenvalue weighted by Crippen LogP contribution is 2.35. The van der Waals surface area contributed by atoms with Gasteiger partial charge in [0.25, 0.3) is 5.92 Å². The van der Waals surface area contributed by atoms with Crippen LogP contribution in [-0.2, 0) is 0 Å². The van der Waals surface area contributed by atoms with Gasteiger partial charge in [-0.1, -0.05) is 0 Å². The molecule has 1 aliphatic carbocycles. The summed E-state index contributed by atoms with van der Waals surface area (Å²) in [5.74, 6) is -2.33. The van der Waals surface area contributed by atoms with E-state index >= 15 is 0 Å². The third kappa shape index (κ3) is 4.93. The zero-order valence-corrected chi connectivity index (χ0v) is 13.9. The van der Waals surface area contributed by atoms with Gasteiger partial charge in [-0.2, -0.15) is 0 Å². The van der Waals surface area contributed by atoms with Crippen molar-refractivity contribution in [2.24, 2.45) is 10.9 Å². The molecule has 0 heterocycles. The van der Waals surface area contributed by atoms with Crippen LogP contribution < -0.4 is 5.32 Å². The van der Waals surface area contributed by atoms with Gasteiger partial charge >= 0.3 is 0 Å². The van der Waals surface area contributed by atoms with Crippen molar-refractivity contribution in [2.45, 2.75) is 44.4 Å². The number of nitrogens with one attached hydrogen (secondary N) is 1. The second kappa shape index (κ2) is 6.94. The lowest BCUT2D eigenvalue weighted by Gasteiger charge is -2.13. The van der Waals surface area contributed by atoms with Gasteiger partial charge < -0.3 is 5.32 Å². The summed E-state index contributed by atoms with van der Waals surface area (Å²) < 4.78 is 40.1. The number of hydrogen-bond donors (Lipinski definition) is 1. The van der Waals surface area contributed by atoms with Crippen LogP contribution in [0.15, 0.2) is 22.0 Å². The maximum atomic E-state index is 14.1. The lowest BCUT2D eigenvalue weighted by Crippen LogP contribution is -2.24. The Morgan fingerprint density at radius 3 is 2.64 bits per heavy atom. The molecule has 1 aromatic carbocycles. The number of amidine groups is 1. The SMILES string of the molecule is CCN/C(=N\c1cc(SCC(C)(F)F)c(C)cc1F)C1CC1. The molecule has 122 valence electrons. The topological polar surface area (TPSA) is 24.4 Å². The molecule has 0 radical (unpaired) electrons. The molecule has 1 fully saturated rings. The Balaban J connectivity index is 2.25. The van der Waals surface area contributed by atoms with Gasteiger partial charge in [0.15, 0.2) is 0 Å². The highest BCUT2D eigenvalue weighted by molar-refractivity contribution is 7.99. The van der Waals surface area contributed by atoms with Crippen molar-refractivity contribution in [1.82, 2.24) is 5.32 Å². The smallest absolute Gasteiger partial charge is 0.254 e. The van der Waals surface area contributed by atoms with Crippen molar-refractivity contribution in [3.8, 4) is 0 Å². The van der Waals surface area contributed by atoms with E-state index in [9.17, 15) is 13.2 Å². The Kier molecular flexibility index (Phi) is 5.42. The molecular formula is C16H21F3N2S. The van der Waals surface area contributed by atoms with E-state index in [0.29, 0.717) is 16.4 Å². The first-order valence-corrected chi connectivity index (χ1v) is 8.42. The van der Waals surface area contributed by atoms with Gasteiger partial charge in [-0.3, -0.25) is 0 Å². The van der Waals surface area contributed by atoms with Gasteiger partial charge in [0, 0.05) is 24.3 Å². The Bertz CT molecular complexity index is 563. The summed E-state index contributed by atoms with van der Waals surface area (Å²) in [5.41, 5.74) is 0.873. The van der Waals surface area contributed by atoms with E-state index in [1.807, 2.05) is 6.92 Å². The Morgan fingerprint density at radius 1 is 1.41 bits per heavy atom. The Hall–Kier alpha value is -1.17. The minimum absolute atomic E-state index is 0.218. The predicted molar refractivity (Wildman–Crippen MR) is 86.0 cm³/mol. The lowest BCUT2D eigenvalue weighted by molar-refractivity contribution is 0.0492. The van der Waals surface area contributed by atoms with Crippen LogP contribution in [-0.4, -0.2) is 24.1 Å². The van der Waals surface area contributed by atoms with Crippen LogP contribution in [0.25, 0.3) is 0 Å². The van der Waals surface area contributed by atoms with Crippen LogP contribution in [0.5, 0.6) is 0 Å². The molecule has 2 rings (SSSR count). The quantitative estimate of drug-likeness (QED) is 0.454. The van der Waals surface area contributed by atoms with Crippen molar-refractivity contribution >= 4 is 23.3 Å². The number of thioether (sulfide) groups is 1. The highest BCUT2D eigenvalue weighted by atomic mass is 32.2. The van der Waals surface area contributed by atoms with Crippen LogP contribution in [0.1, 0.15) is 32.3 Å². The summed E-state index contributed by atoms with van der Waals surface area (Å²) in [6.45, 7) is 5.30. The maximum Gasteiger partial charge on any atom is 0.254 e. The van der Waals surface area contributed by atoms with Gasteiger partial charge in [-0.25, -0.2) is 18.2 Å². The Labute approximate surface area is 133 Å². The monoisotopic (exact) mass is 330 g/mol. The summed E-state index contributed by atoms with van der Waals surface area (Å²) in [7, 11) is 0. The zero-order chi connectivity index (χ0) is 16.3. The first-order chi connectivity index (χ1) is 10.3. The van der Waals surface area contributed by atoms with E-state index in [-0.39, 0.29) is 11.4 Å². The number of rotatable bonds is 6. The molecule has 1 N–H and O–H groups in total. The molecule has 0 saturated heterocycles. The summed E-state index contributed by atoms with van der Waals surface area (Å²) in [6, 6.07) is 2.94. The van der Waals surface area contributed by atoms with Gasteiger partial charge in [-0.15, -0.1) is 11.8 Å². The molecule has 6 heteroatoms. The van der Waals surface area contributed by atoms with E-state index in [0.717, 1.165) is 43.9 Å². The fourth-order valence-electron chi connectivity index (χ4n) is 2.03. The average Bonchev–Trinajstić information content (AvgIpc) is 3.23. The minimum atomic E-state index is -2.75. The first kappa shape index (κ1) is 17.2. The first-order valence-electron chi connectivity index (χ1n) is 7.43. The summed E-state index contributed by atoms with van der Waals surface area (Å²) in [4.78, 5) is 5.03. The number of aliphatic imine (C=N–C) groups is 1. The fraction of sp³-hybridized carbons (Fsp3) is 0.562. The number of hydrogen-bond acceptors (Lipinski definition) is 2. The summed E-state index contributed by atoms with van der Waals surface area (Å²) in [5, 5.41) is 3.17. The average molecular weight is 330 g/mol. The molecule has 0 bridgehead atoms. The molecule has 0 aliphatic heterocycles.